The summed E-state index contributed by atoms with van der Waals surface area (Å²) in [5, 5.41) is 8.32. The maximum absolute atomic E-state index is 12.6. The molecule has 1 heterocycles. The third-order valence-corrected chi connectivity index (χ3v) is 4.39. The van der Waals surface area contributed by atoms with E-state index in [2.05, 4.69) is 38.0 Å². The minimum Gasteiger partial charge on any atom is -0.466 e. The molecular formula is C27H37FN2O2U. The molecule has 0 radical (unpaired) electrons. The van der Waals surface area contributed by atoms with Gasteiger partial charge in [-0.05, 0) is 18.8 Å². The van der Waals surface area contributed by atoms with Crippen LogP contribution in [0.3, 0.4) is 0 Å². The molecular weight excluding hydrogens is 641 g/mol. The maximum Gasteiger partial charge on any atom is 2.00 e. The Morgan fingerprint density at radius 3 is 2.27 bits per heavy atom. The second-order valence-electron chi connectivity index (χ2n) is 7.79. The van der Waals surface area contributed by atoms with Gasteiger partial charge in [0, 0.05) is 17.8 Å². The molecule has 0 atom stereocenters. The van der Waals surface area contributed by atoms with Crippen LogP contribution in [-0.4, -0.2) is 17.6 Å². The van der Waals surface area contributed by atoms with E-state index in [9.17, 15) is 9.18 Å². The average Bonchev–Trinajstić information content (AvgIpc) is 2.77. The number of halogens is 1. The molecule has 0 aliphatic rings. The van der Waals surface area contributed by atoms with Crippen LogP contribution in [0.15, 0.2) is 36.4 Å². The Morgan fingerprint density at radius 1 is 1.21 bits per heavy atom. The van der Waals surface area contributed by atoms with Crippen molar-refractivity contribution >= 4 is 5.97 Å². The van der Waals surface area contributed by atoms with E-state index < -0.39 is 5.82 Å². The topological polar surface area (TPSA) is 63.0 Å². The molecule has 178 valence electrons. The van der Waals surface area contributed by atoms with Crippen molar-refractivity contribution in [2.75, 3.05) is 6.61 Å². The van der Waals surface area contributed by atoms with E-state index in [-0.39, 0.29) is 37.1 Å². The molecule has 0 amide bonds. The van der Waals surface area contributed by atoms with Crippen LogP contribution in [0.4, 0.5) is 4.39 Å². The van der Waals surface area contributed by atoms with Crippen molar-refractivity contribution in [2.45, 2.75) is 72.6 Å². The predicted octanol–water partition coefficient (Wildman–Crippen LogP) is 7.04. The first-order chi connectivity index (χ1) is 15.3. The predicted molar refractivity (Wildman–Crippen MR) is 127 cm³/mol. The number of hydrogen-bond donors (Lipinski definition) is 0. The summed E-state index contributed by atoms with van der Waals surface area (Å²) in [6, 6.07) is 12.0. The van der Waals surface area contributed by atoms with Crippen LogP contribution in [0.5, 0.6) is 0 Å². The van der Waals surface area contributed by atoms with Gasteiger partial charge in [-0.1, -0.05) is 71.3 Å². The summed E-state index contributed by atoms with van der Waals surface area (Å²) >= 11 is 0. The van der Waals surface area contributed by atoms with Crippen molar-refractivity contribution in [3.8, 4) is 6.07 Å². The molecule has 0 aliphatic carbocycles. The molecule has 1 aromatic carbocycles. The van der Waals surface area contributed by atoms with E-state index in [4.69, 9.17) is 10.00 Å². The van der Waals surface area contributed by atoms with Crippen molar-refractivity contribution in [3.05, 3.63) is 72.2 Å². The summed E-state index contributed by atoms with van der Waals surface area (Å²) in [6.45, 7) is 14.2. The van der Waals surface area contributed by atoms with Gasteiger partial charge in [-0.15, -0.1) is 6.07 Å². The van der Waals surface area contributed by atoms with E-state index in [1.165, 1.54) is 49.6 Å². The number of benzene rings is 1. The zero-order valence-electron chi connectivity index (χ0n) is 20.7. The van der Waals surface area contributed by atoms with Gasteiger partial charge in [0.1, 0.15) is 0 Å². The van der Waals surface area contributed by atoms with Crippen LogP contribution in [0.1, 0.15) is 89.5 Å². The monoisotopic (exact) mass is 678 g/mol. The molecule has 0 fully saturated rings. The molecule has 4 nitrogen and oxygen atoms in total. The average molecular weight is 679 g/mol. The second kappa shape index (κ2) is 20.8. The largest absolute Gasteiger partial charge is 2.00 e. The minimum atomic E-state index is -0.431. The van der Waals surface area contributed by atoms with Gasteiger partial charge in [0.2, 0.25) is 0 Å². The molecule has 33 heavy (non-hydrogen) atoms. The fraction of sp³-hybridized carbons (Fsp3) is 0.481. The van der Waals surface area contributed by atoms with E-state index in [0.717, 1.165) is 0 Å². The van der Waals surface area contributed by atoms with Crippen LogP contribution in [-0.2, 0) is 9.53 Å². The third kappa shape index (κ3) is 16.4. The first-order valence-electron chi connectivity index (χ1n) is 11.3. The normalized spacial score (nSPS) is 9.55. The number of carbonyl (C=O) groups excluding carboxylic acids is 1. The SMILES string of the molecule is CCCC(CCC)c1ccc[c-]n1.CCOC(=O)CC(C)C.[CH2-]c1ccc(C#N)cc1F.[U+2]. The van der Waals surface area contributed by atoms with Gasteiger partial charge in [0.25, 0.3) is 0 Å². The van der Waals surface area contributed by atoms with Crippen molar-refractivity contribution in [1.29, 1.82) is 5.26 Å². The van der Waals surface area contributed by atoms with E-state index in [0.29, 0.717) is 36.0 Å². The summed E-state index contributed by atoms with van der Waals surface area (Å²) in [5.41, 5.74) is 1.86. The Kier molecular flexibility index (Phi) is 21.0. The molecule has 0 bridgehead atoms. The van der Waals surface area contributed by atoms with Crippen LogP contribution in [0, 0.1) is 67.3 Å². The Labute approximate surface area is 223 Å². The first-order valence-corrected chi connectivity index (χ1v) is 11.3. The van der Waals surface area contributed by atoms with Crippen LogP contribution >= 0.6 is 0 Å². The number of nitriles is 1. The molecule has 0 unspecified atom stereocenters. The second-order valence-corrected chi connectivity index (χ2v) is 7.79. The Balaban J connectivity index is 0. The van der Waals surface area contributed by atoms with Crippen molar-refractivity contribution in [3.63, 3.8) is 0 Å². The van der Waals surface area contributed by atoms with Gasteiger partial charge in [0.15, 0.2) is 0 Å². The number of ether oxygens (including phenoxy) is 1. The molecule has 1 aromatic heterocycles. The maximum atomic E-state index is 12.6. The number of carbonyl (C=O) groups is 1. The van der Waals surface area contributed by atoms with Gasteiger partial charge in [-0.3, -0.25) is 9.18 Å². The van der Waals surface area contributed by atoms with Crippen molar-refractivity contribution in [1.82, 2.24) is 4.98 Å². The first kappa shape index (κ1) is 33.4. The van der Waals surface area contributed by atoms with Gasteiger partial charge in [-0.25, -0.2) is 0 Å². The van der Waals surface area contributed by atoms with Gasteiger partial charge < -0.3 is 9.72 Å². The van der Waals surface area contributed by atoms with Crippen LogP contribution < -0.4 is 0 Å². The zero-order chi connectivity index (χ0) is 24.4. The third-order valence-electron chi connectivity index (χ3n) is 4.39. The van der Waals surface area contributed by atoms with Gasteiger partial charge in [0.05, 0.1) is 12.7 Å². The quantitative estimate of drug-likeness (QED) is 0.222. The molecule has 0 saturated carbocycles. The molecule has 0 aliphatic heterocycles. The molecule has 0 saturated heterocycles. The smallest absolute Gasteiger partial charge is 0.466 e. The Morgan fingerprint density at radius 2 is 1.85 bits per heavy atom. The number of rotatable bonds is 8. The molecule has 0 spiro atoms. The van der Waals surface area contributed by atoms with E-state index in [1.807, 2.05) is 39.0 Å². The fourth-order valence-electron chi connectivity index (χ4n) is 2.87. The van der Waals surface area contributed by atoms with Gasteiger partial charge >= 0.3 is 37.1 Å². The Hall–Kier alpha value is -1.82. The summed E-state index contributed by atoms with van der Waals surface area (Å²) in [4.78, 5) is 14.9. The molecule has 0 N–H and O–H groups in total. The summed E-state index contributed by atoms with van der Waals surface area (Å²) in [7, 11) is 0. The van der Waals surface area contributed by atoms with E-state index in [1.54, 1.807) is 0 Å². The number of nitrogens with zero attached hydrogens (tertiary/aromatic N) is 2. The minimum absolute atomic E-state index is 0. The zero-order valence-corrected chi connectivity index (χ0v) is 24.8. The van der Waals surface area contributed by atoms with Gasteiger partial charge in [-0.2, -0.15) is 42.0 Å². The van der Waals surface area contributed by atoms with Crippen LogP contribution in [0.25, 0.3) is 0 Å². The van der Waals surface area contributed by atoms with Crippen molar-refractivity contribution in [2.24, 2.45) is 5.92 Å². The summed E-state index contributed by atoms with van der Waals surface area (Å²) < 4.78 is 17.3. The van der Waals surface area contributed by atoms with E-state index >= 15 is 0 Å². The molecule has 6 heteroatoms. The number of hydrogen-bond acceptors (Lipinski definition) is 4. The fourth-order valence-corrected chi connectivity index (χ4v) is 2.87. The van der Waals surface area contributed by atoms with Crippen LogP contribution in [0.2, 0.25) is 0 Å². The molecule has 2 aromatic rings. The summed E-state index contributed by atoms with van der Waals surface area (Å²) in [6.07, 6.45) is 8.42. The molecule has 2 rings (SSSR count). The standard InChI is InChI=1S/C12H18N.C8H5FN.C7H14O2.U/c1-3-7-11(8-4-2)12-9-5-6-10-13-12;1-6-2-3-7(5-10)4-8(6)9;1-4-9-7(8)5-6(2)3;/h5-6,9,11H,3-4,7-8H2,1-2H3;2-4H,1H2;6H,4-5H2,1-3H3;/q2*-1;;+2. The number of pyridine rings is 1. The summed E-state index contributed by atoms with van der Waals surface area (Å²) in [5.74, 6) is 0.531. The Bertz CT molecular complexity index is 802. The number of esters is 1. The van der Waals surface area contributed by atoms with Crippen molar-refractivity contribution < 1.29 is 45.0 Å². The number of aromatic nitrogens is 1.